The van der Waals surface area contributed by atoms with Gasteiger partial charge in [-0.25, -0.2) is 0 Å². The molecule has 2 aromatic carbocycles. The average Bonchev–Trinajstić information content (AvgIpc) is 2.48. The first-order valence-electron chi connectivity index (χ1n) is 6.58. The lowest BCUT2D eigenvalue weighted by atomic mass is 10.1. The zero-order chi connectivity index (χ0) is 15.2. The second-order valence-electron chi connectivity index (χ2n) is 4.66. The number of hydrogen-bond donors (Lipinski definition) is 0. The highest BCUT2D eigenvalue weighted by Gasteiger charge is 2.02. The maximum Gasteiger partial charge on any atom is 0.148 e. The van der Waals surface area contributed by atoms with Crippen LogP contribution in [0.3, 0.4) is 0 Å². The van der Waals surface area contributed by atoms with Crippen molar-refractivity contribution < 1.29 is 4.74 Å². The summed E-state index contributed by atoms with van der Waals surface area (Å²) < 4.78 is 6.27. The summed E-state index contributed by atoms with van der Waals surface area (Å²) in [4.78, 5) is 4.55. The molecule has 0 aliphatic rings. The standard InChI is InChI=1S/C18H16BrNO/c1-4-10-21-18-9-8-15(11-16(18)19)12-20-17-7-5-6-13(2)14(17)3/h1,5-9,11-12H,10H2,2-3H3. The highest BCUT2D eigenvalue weighted by molar-refractivity contribution is 9.10. The van der Waals surface area contributed by atoms with Crippen LogP contribution in [0.1, 0.15) is 16.7 Å². The van der Waals surface area contributed by atoms with Crippen molar-refractivity contribution in [3.63, 3.8) is 0 Å². The van der Waals surface area contributed by atoms with Crippen molar-refractivity contribution in [1.82, 2.24) is 0 Å². The summed E-state index contributed by atoms with van der Waals surface area (Å²) in [6.45, 7) is 4.42. The van der Waals surface area contributed by atoms with Gasteiger partial charge in [0, 0.05) is 6.21 Å². The van der Waals surface area contributed by atoms with Crippen LogP contribution in [0.5, 0.6) is 5.75 Å². The van der Waals surface area contributed by atoms with E-state index in [1.165, 1.54) is 11.1 Å². The summed E-state index contributed by atoms with van der Waals surface area (Å²) in [5, 5.41) is 0. The topological polar surface area (TPSA) is 21.6 Å². The van der Waals surface area contributed by atoms with Crippen LogP contribution >= 0.6 is 15.9 Å². The van der Waals surface area contributed by atoms with E-state index >= 15 is 0 Å². The molecular formula is C18H16BrNO. The molecule has 0 atom stereocenters. The van der Waals surface area contributed by atoms with E-state index in [2.05, 4.69) is 46.8 Å². The number of hydrogen-bond acceptors (Lipinski definition) is 2. The Morgan fingerprint density at radius 3 is 2.81 bits per heavy atom. The van der Waals surface area contributed by atoms with Gasteiger partial charge < -0.3 is 4.74 Å². The number of rotatable bonds is 4. The van der Waals surface area contributed by atoms with Crippen molar-refractivity contribution in [2.75, 3.05) is 6.61 Å². The Balaban J connectivity index is 2.20. The largest absolute Gasteiger partial charge is 0.480 e. The molecule has 0 saturated heterocycles. The first-order valence-corrected chi connectivity index (χ1v) is 7.37. The van der Waals surface area contributed by atoms with E-state index in [0.29, 0.717) is 0 Å². The van der Waals surface area contributed by atoms with Crippen LogP contribution in [0.25, 0.3) is 0 Å². The van der Waals surface area contributed by atoms with E-state index in [1.807, 2.05) is 36.5 Å². The quantitative estimate of drug-likeness (QED) is 0.576. The van der Waals surface area contributed by atoms with Crippen molar-refractivity contribution in [3.8, 4) is 18.1 Å². The van der Waals surface area contributed by atoms with Crippen LogP contribution in [-0.2, 0) is 0 Å². The Morgan fingerprint density at radius 2 is 2.10 bits per heavy atom. The van der Waals surface area contributed by atoms with Gasteiger partial charge in [0.25, 0.3) is 0 Å². The van der Waals surface area contributed by atoms with Crippen LogP contribution in [0, 0.1) is 26.2 Å². The molecule has 0 aromatic heterocycles. The number of aliphatic imine (C=N–C) groups is 1. The smallest absolute Gasteiger partial charge is 0.148 e. The fourth-order valence-electron chi connectivity index (χ4n) is 1.85. The molecule has 0 saturated carbocycles. The van der Waals surface area contributed by atoms with Gasteiger partial charge in [-0.3, -0.25) is 4.99 Å². The van der Waals surface area contributed by atoms with Gasteiger partial charge in [-0.15, -0.1) is 6.42 Å². The van der Waals surface area contributed by atoms with E-state index in [9.17, 15) is 0 Å². The summed E-state index contributed by atoms with van der Waals surface area (Å²) in [6, 6.07) is 11.9. The van der Waals surface area contributed by atoms with Crippen molar-refractivity contribution in [2.45, 2.75) is 13.8 Å². The molecule has 0 unspecified atom stereocenters. The molecule has 0 bridgehead atoms. The SMILES string of the molecule is C#CCOc1ccc(C=Nc2cccc(C)c2C)cc1Br. The van der Waals surface area contributed by atoms with Crippen molar-refractivity contribution in [3.05, 3.63) is 57.6 Å². The number of terminal acetylenes is 1. The molecule has 2 aromatic rings. The molecule has 0 N–H and O–H groups in total. The number of halogens is 1. The maximum atomic E-state index is 5.41. The summed E-state index contributed by atoms with van der Waals surface area (Å²) >= 11 is 3.47. The predicted molar refractivity (Wildman–Crippen MR) is 91.6 cm³/mol. The van der Waals surface area contributed by atoms with Crippen LogP contribution in [0.15, 0.2) is 45.9 Å². The Kier molecular flexibility index (Phi) is 5.19. The van der Waals surface area contributed by atoms with Crippen LogP contribution < -0.4 is 4.74 Å². The first kappa shape index (κ1) is 15.3. The normalized spacial score (nSPS) is 10.6. The van der Waals surface area contributed by atoms with Crippen molar-refractivity contribution >= 4 is 27.8 Å². The minimum atomic E-state index is 0.258. The lowest BCUT2D eigenvalue weighted by molar-refractivity contribution is 0.368. The molecule has 0 radical (unpaired) electrons. The van der Waals surface area contributed by atoms with Gasteiger partial charge in [0.2, 0.25) is 0 Å². The fourth-order valence-corrected chi connectivity index (χ4v) is 2.36. The van der Waals surface area contributed by atoms with Crippen LogP contribution in [0.4, 0.5) is 5.69 Å². The van der Waals surface area contributed by atoms with Crippen molar-refractivity contribution in [1.29, 1.82) is 0 Å². The zero-order valence-electron chi connectivity index (χ0n) is 12.1. The van der Waals surface area contributed by atoms with Gasteiger partial charge in [-0.1, -0.05) is 18.1 Å². The number of ether oxygens (including phenoxy) is 1. The molecule has 3 heteroatoms. The minimum absolute atomic E-state index is 0.258. The van der Waals surface area contributed by atoms with Gasteiger partial charge in [-0.2, -0.15) is 0 Å². The second-order valence-corrected chi connectivity index (χ2v) is 5.51. The molecule has 0 spiro atoms. The van der Waals surface area contributed by atoms with Gasteiger partial charge in [0.1, 0.15) is 12.4 Å². The van der Waals surface area contributed by atoms with Crippen LogP contribution in [0.2, 0.25) is 0 Å². The molecule has 106 valence electrons. The lowest BCUT2D eigenvalue weighted by Gasteiger charge is -2.06. The highest BCUT2D eigenvalue weighted by atomic mass is 79.9. The Hall–Kier alpha value is -2.05. The number of benzene rings is 2. The molecular weight excluding hydrogens is 326 g/mol. The summed E-state index contributed by atoms with van der Waals surface area (Å²) in [7, 11) is 0. The van der Waals surface area contributed by atoms with E-state index in [0.717, 1.165) is 21.5 Å². The molecule has 0 aliphatic heterocycles. The third-order valence-electron chi connectivity index (χ3n) is 3.20. The maximum absolute atomic E-state index is 5.41. The van der Waals surface area contributed by atoms with Gasteiger partial charge in [0.05, 0.1) is 10.2 Å². The average molecular weight is 342 g/mol. The minimum Gasteiger partial charge on any atom is -0.480 e. The zero-order valence-corrected chi connectivity index (χ0v) is 13.6. The third-order valence-corrected chi connectivity index (χ3v) is 3.82. The Bertz CT molecular complexity index is 714. The third kappa shape index (κ3) is 3.96. The lowest BCUT2D eigenvalue weighted by Crippen LogP contribution is -1.94. The predicted octanol–water partition coefficient (Wildman–Crippen LogP) is 4.83. The first-order chi connectivity index (χ1) is 10.1. The van der Waals surface area contributed by atoms with E-state index in [4.69, 9.17) is 11.2 Å². The Labute approximate surface area is 134 Å². The molecule has 0 fully saturated rings. The monoisotopic (exact) mass is 341 g/mol. The summed E-state index contributed by atoms with van der Waals surface area (Å²) in [5.74, 6) is 3.18. The number of nitrogens with zero attached hydrogens (tertiary/aromatic N) is 1. The van der Waals surface area contributed by atoms with Gasteiger partial charge in [0.15, 0.2) is 0 Å². The summed E-state index contributed by atoms with van der Waals surface area (Å²) in [5.41, 5.74) is 4.42. The van der Waals surface area contributed by atoms with Gasteiger partial charge in [-0.05, 0) is 70.7 Å². The number of aryl methyl sites for hydroxylation is 1. The molecule has 0 amide bonds. The highest BCUT2D eigenvalue weighted by Crippen LogP contribution is 2.26. The summed E-state index contributed by atoms with van der Waals surface area (Å²) in [6.07, 6.45) is 7.03. The van der Waals surface area contributed by atoms with Crippen molar-refractivity contribution in [2.24, 2.45) is 4.99 Å². The Morgan fingerprint density at radius 1 is 1.29 bits per heavy atom. The molecule has 0 heterocycles. The van der Waals surface area contributed by atoms with E-state index in [-0.39, 0.29) is 6.61 Å². The van der Waals surface area contributed by atoms with E-state index in [1.54, 1.807) is 0 Å². The van der Waals surface area contributed by atoms with E-state index < -0.39 is 0 Å². The molecule has 21 heavy (non-hydrogen) atoms. The van der Waals surface area contributed by atoms with Gasteiger partial charge >= 0.3 is 0 Å². The fraction of sp³-hybridized carbons (Fsp3) is 0.167. The van der Waals surface area contributed by atoms with Crippen LogP contribution in [-0.4, -0.2) is 12.8 Å². The molecule has 2 nitrogen and oxygen atoms in total. The molecule has 2 rings (SSSR count). The second kappa shape index (κ2) is 7.10. The molecule has 0 aliphatic carbocycles.